The zero-order valence-electron chi connectivity index (χ0n) is 12.0. The Labute approximate surface area is 123 Å². The highest BCUT2D eigenvalue weighted by molar-refractivity contribution is 9.10. The fraction of sp³-hybridized carbons (Fsp3) is 0.571. The van der Waals surface area contributed by atoms with Gasteiger partial charge >= 0.3 is 0 Å². The number of rotatable bonds is 5. The fourth-order valence-electron chi connectivity index (χ4n) is 1.41. The van der Waals surface area contributed by atoms with Crippen LogP contribution in [0.15, 0.2) is 28.1 Å². The van der Waals surface area contributed by atoms with Gasteiger partial charge in [-0.05, 0) is 27.3 Å². The minimum atomic E-state index is -0.145. The van der Waals surface area contributed by atoms with Gasteiger partial charge in [-0.15, -0.1) is 6.58 Å². The van der Waals surface area contributed by atoms with Crippen molar-refractivity contribution in [3.8, 4) is 0 Å². The molecule has 0 saturated carbocycles. The van der Waals surface area contributed by atoms with E-state index >= 15 is 0 Å². The van der Waals surface area contributed by atoms with Crippen LogP contribution in [-0.2, 0) is 6.54 Å². The van der Waals surface area contributed by atoms with Gasteiger partial charge in [-0.2, -0.15) is 5.10 Å². The van der Waals surface area contributed by atoms with Gasteiger partial charge in [-0.25, -0.2) is 4.68 Å². The molecule has 0 aliphatic heterocycles. The van der Waals surface area contributed by atoms with E-state index in [0.29, 0.717) is 16.9 Å². The van der Waals surface area contributed by atoms with Gasteiger partial charge in [0, 0.05) is 6.54 Å². The van der Waals surface area contributed by atoms with Crippen molar-refractivity contribution in [1.29, 1.82) is 0 Å². The van der Waals surface area contributed by atoms with Crippen LogP contribution in [0, 0.1) is 11.3 Å². The molecule has 1 rings (SSSR count). The van der Waals surface area contributed by atoms with Gasteiger partial charge in [0.25, 0.3) is 5.56 Å². The number of allylic oxidation sites excluding steroid dienone is 1. The van der Waals surface area contributed by atoms with Crippen LogP contribution in [-0.4, -0.2) is 16.3 Å². The number of hydrogen-bond acceptors (Lipinski definition) is 3. The molecule has 1 N–H and O–H groups in total. The molecule has 0 fully saturated rings. The molecule has 1 aromatic heterocycles. The molecule has 0 aromatic carbocycles. The molecule has 0 amide bonds. The van der Waals surface area contributed by atoms with Gasteiger partial charge in [0.15, 0.2) is 0 Å². The smallest absolute Gasteiger partial charge is 0.283 e. The minimum absolute atomic E-state index is 0.145. The molecule has 1 aromatic rings. The Morgan fingerprint density at radius 2 is 2.21 bits per heavy atom. The van der Waals surface area contributed by atoms with Crippen molar-refractivity contribution in [2.75, 3.05) is 11.9 Å². The number of halogens is 1. The van der Waals surface area contributed by atoms with Crippen molar-refractivity contribution < 1.29 is 0 Å². The summed E-state index contributed by atoms with van der Waals surface area (Å²) in [6.07, 6.45) is 3.32. The summed E-state index contributed by atoms with van der Waals surface area (Å²) in [6, 6.07) is 0. The standard InChI is InChI=1S/C14H22BrN3O/c1-6-7-18-13(19)12(15)11(9-17-18)16-8-10(2)14(3,4)5/h6,9-10,16H,1,7-8H2,2-5H3. The molecular formula is C14H22BrN3O. The summed E-state index contributed by atoms with van der Waals surface area (Å²) in [4.78, 5) is 12.0. The molecule has 5 heteroatoms. The summed E-state index contributed by atoms with van der Waals surface area (Å²) >= 11 is 3.33. The second kappa shape index (κ2) is 6.37. The van der Waals surface area contributed by atoms with Crippen LogP contribution in [0.25, 0.3) is 0 Å². The van der Waals surface area contributed by atoms with E-state index in [2.05, 4.69) is 60.6 Å². The van der Waals surface area contributed by atoms with E-state index in [1.54, 1.807) is 12.3 Å². The van der Waals surface area contributed by atoms with E-state index in [-0.39, 0.29) is 11.0 Å². The van der Waals surface area contributed by atoms with Crippen molar-refractivity contribution in [2.24, 2.45) is 11.3 Å². The van der Waals surface area contributed by atoms with Crippen LogP contribution in [0.3, 0.4) is 0 Å². The zero-order chi connectivity index (χ0) is 14.6. The van der Waals surface area contributed by atoms with Crippen molar-refractivity contribution in [2.45, 2.75) is 34.2 Å². The van der Waals surface area contributed by atoms with E-state index in [1.165, 1.54) is 4.68 Å². The normalized spacial score (nSPS) is 13.1. The first-order chi connectivity index (χ1) is 8.77. The van der Waals surface area contributed by atoms with Crippen LogP contribution in [0.2, 0.25) is 0 Å². The molecule has 0 aliphatic rings. The largest absolute Gasteiger partial charge is 0.382 e. The van der Waals surface area contributed by atoms with Gasteiger partial charge in [0.05, 0.1) is 18.4 Å². The van der Waals surface area contributed by atoms with Gasteiger partial charge in [0.1, 0.15) is 4.47 Å². The van der Waals surface area contributed by atoms with Crippen molar-refractivity contribution in [3.63, 3.8) is 0 Å². The van der Waals surface area contributed by atoms with E-state index in [1.807, 2.05) is 0 Å². The monoisotopic (exact) mass is 327 g/mol. The fourth-order valence-corrected chi connectivity index (χ4v) is 1.86. The molecule has 0 saturated heterocycles. The van der Waals surface area contributed by atoms with Gasteiger partial charge < -0.3 is 5.32 Å². The number of aromatic nitrogens is 2. The third kappa shape index (κ3) is 4.20. The first-order valence-corrected chi connectivity index (χ1v) is 7.17. The molecule has 1 atom stereocenters. The topological polar surface area (TPSA) is 46.9 Å². The number of nitrogens with one attached hydrogen (secondary N) is 1. The molecule has 0 aliphatic carbocycles. The van der Waals surface area contributed by atoms with E-state index < -0.39 is 0 Å². The van der Waals surface area contributed by atoms with Crippen LogP contribution >= 0.6 is 15.9 Å². The summed E-state index contributed by atoms with van der Waals surface area (Å²) in [6.45, 7) is 13.6. The van der Waals surface area contributed by atoms with Crippen molar-refractivity contribution >= 4 is 21.6 Å². The third-order valence-electron chi connectivity index (χ3n) is 3.36. The highest BCUT2D eigenvalue weighted by Crippen LogP contribution is 2.26. The van der Waals surface area contributed by atoms with Gasteiger partial charge in [-0.3, -0.25) is 4.79 Å². The number of hydrogen-bond donors (Lipinski definition) is 1. The number of anilines is 1. The maximum atomic E-state index is 12.0. The van der Waals surface area contributed by atoms with Crippen LogP contribution in [0.5, 0.6) is 0 Å². The van der Waals surface area contributed by atoms with Crippen LogP contribution in [0.4, 0.5) is 5.69 Å². The SMILES string of the molecule is C=CCn1ncc(NCC(C)C(C)(C)C)c(Br)c1=O. The van der Waals surface area contributed by atoms with Gasteiger partial charge in [-0.1, -0.05) is 33.8 Å². The molecule has 1 heterocycles. The molecular weight excluding hydrogens is 306 g/mol. The summed E-state index contributed by atoms with van der Waals surface area (Å²) in [5.74, 6) is 0.481. The predicted octanol–water partition coefficient (Wildman–Crippen LogP) is 3.29. The first kappa shape index (κ1) is 16.0. The third-order valence-corrected chi connectivity index (χ3v) is 4.13. The maximum absolute atomic E-state index is 12.0. The summed E-state index contributed by atoms with van der Waals surface area (Å²) in [5.41, 5.74) is 0.819. The lowest BCUT2D eigenvalue weighted by Crippen LogP contribution is -2.27. The van der Waals surface area contributed by atoms with Crippen molar-refractivity contribution in [3.05, 3.63) is 33.7 Å². The van der Waals surface area contributed by atoms with E-state index in [9.17, 15) is 4.79 Å². The molecule has 1 unspecified atom stereocenters. The Hall–Kier alpha value is -1.10. The molecule has 0 spiro atoms. The zero-order valence-corrected chi connectivity index (χ0v) is 13.6. The molecule has 0 bridgehead atoms. The summed E-state index contributed by atoms with van der Waals surface area (Å²) in [7, 11) is 0. The molecule has 0 radical (unpaired) electrons. The van der Waals surface area contributed by atoms with Crippen molar-refractivity contribution in [1.82, 2.24) is 9.78 Å². The Morgan fingerprint density at radius 1 is 1.58 bits per heavy atom. The Balaban J connectivity index is 2.84. The first-order valence-electron chi connectivity index (χ1n) is 6.37. The van der Waals surface area contributed by atoms with Gasteiger partial charge in [0.2, 0.25) is 0 Å². The second-order valence-electron chi connectivity index (χ2n) is 5.80. The molecule has 4 nitrogen and oxygen atoms in total. The Morgan fingerprint density at radius 3 is 2.74 bits per heavy atom. The van der Waals surface area contributed by atoms with E-state index in [0.717, 1.165) is 12.2 Å². The average Bonchev–Trinajstić information content (AvgIpc) is 2.32. The quantitative estimate of drug-likeness (QED) is 0.844. The molecule has 106 valence electrons. The summed E-state index contributed by atoms with van der Waals surface area (Å²) in [5, 5.41) is 7.39. The maximum Gasteiger partial charge on any atom is 0.283 e. The lowest BCUT2D eigenvalue weighted by atomic mass is 9.82. The highest BCUT2D eigenvalue weighted by Gasteiger charge is 2.20. The van der Waals surface area contributed by atoms with E-state index in [4.69, 9.17) is 0 Å². The highest BCUT2D eigenvalue weighted by atomic mass is 79.9. The lowest BCUT2D eigenvalue weighted by molar-refractivity contribution is 0.274. The summed E-state index contributed by atoms with van der Waals surface area (Å²) < 4.78 is 1.89. The lowest BCUT2D eigenvalue weighted by Gasteiger charge is -2.27. The minimum Gasteiger partial charge on any atom is -0.382 e. The number of nitrogens with zero attached hydrogens (tertiary/aromatic N) is 2. The predicted molar refractivity (Wildman–Crippen MR) is 83.5 cm³/mol. The van der Waals surface area contributed by atoms with Crippen LogP contribution in [0.1, 0.15) is 27.7 Å². The average molecular weight is 328 g/mol. The Bertz CT molecular complexity index is 502. The second-order valence-corrected chi connectivity index (χ2v) is 6.59. The van der Waals surface area contributed by atoms with Crippen LogP contribution < -0.4 is 10.9 Å². The molecule has 19 heavy (non-hydrogen) atoms. The Kier molecular flexibility index (Phi) is 5.35.